The molecule has 0 aromatic heterocycles. The fourth-order valence-corrected chi connectivity index (χ4v) is 2.05. The monoisotopic (exact) mass is 367 g/mol. The molecule has 2 aromatic rings. The summed E-state index contributed by atoms with van der Waals surface area (Å²) in [6, 6.07) is 13.1. The van der Waals surface area contributed by atoms with Gasteiger partial charge in [-0.1, -0.05) is 29.8 Å². The van der Waals surface area contributed by atoms with E-state index in [2.05, 4.69) is 10.1 Å². The van der Waals surface area contributed by atoms with E-state index in [4.69, 9.17) is 16.3 Å². The van der Waals surface area contributed by atoms with Gasteiger partial charge in [-0.05, 0) is 36.4 Å². The minimum atomic E-state index is -2.92. The SMILES string of the molecule is O=C(/C=C/c1ccccc1OC(F)F)NCCOc1ccc(Cl)cc1. The molecular formula is C18H16ClF2NO3. The van der Waals surface area contributed by atoms with E-state index in [9.17, 15) is 13.6 Å². The van der Waals surface area contributed by atoms with E-state index in [0.29, 0.717) is 22.9 Å². The molecule has 7 heteroatoms. The number of rotatable bonds is 8. The van der Waals surface area contributed by atoms with Gasteiger partial charge in [0.15, 0.2) is 0 Å². The lowest BCUT2D eigenvalue weighted by Crippen LogP contribution is -2.26. The fourth-order valence-electron chi connectivity index (χ4n) is 1.92. The summed E-state index contributed by atoms with van der Waals surface area (Å²) in [5, 5.41) is 3.24. The standard InChI is InChI=1S/C18H16ClF2NO3/c19-14-6-8-15(9-7-14)24-12-11-22-17(23)10-5-13-3-1-2-4-16(13)25-18(20)21/h1-10,18H,11-12H2,(H,22,23)/b10-5+. The summed E-state index contributed by atoms with van der Waals surface area (Å²) in [6.45, 7) is -2.35. The third kappa shape index (κ3) is 6.81. The van der Waals surface area contributed by atoms with Gasteiger partial charge in [-0.3, -0.25) is 4.79 Å². The predicted molar refractivity (Wildman–Crippen MR) is 92.1 cm³/mol. The molecule has 0 aliphatic rings. The number of hydrogen-bond donors (Lipinski definition) is 1. The van der Waals surface area contributed by atoms with Crippen molar-refractivity contribution in [3.05, 3.63) is 65.2 Å². The Balaban J connectivity index is 1.78. The van der Waals surface area contributed by atoms with Crippen molar-refractivity contribution in [3.8, 4) is 11.5 Å². The van der Waals surface area contributed by atoms with Gasteiger partial charge in [0.1, 0.15) is 18.1 Å². The molecule has 0 fully saturated rings. The number of carbonyl (C=O) groups is 1. The van der Waals surface area contributed by atoms with Crippen LogP contribution in [-0.4, -0.2) is 25.7 Å². The van der Waals surface area contributed by atoms with Crippen molar-refractivity contribution < 1.29 is 23.0 Å². The number of para-hydroxylation sites is 1. The zero-order valence-corrected chi connectivity index (χ0v) is 13.9. The van der Waals surface area contributed by atoms with Gasteiger partial charge < -0.3 is 14.8 Å². The lowest BCUT2D eigenvalue weighted by atomic mass is 10.2. The molecule has 0 saturated carbocycles. The van der Waals surface area contributed by atoms with Crippen LogP contribution in [0.15, 0.2) is 54.6 Å². The van der Waals surface area contributed by atoms with Crippen molar-refractivity contribution >= 4 is 23.6 Å². The summed E-state index contributed by atoms with van der Waals surface area (Å²) in [4.78, 5) is 11.7. The van der Waals surface area contributed by atoms with Crippen molar-refractivity contribution in [2.75, 3.05) is 13.2 Å². The summed E-state index contributed by atoms with van der Waals surface area (Å²) in [5.41, 5.74) is 0.385. The molecule has 0 aliphatic carbocycles. The molecule has 0 spiro atoms. The topological polar surface area (TPSA) is 47.6 Å². The Morgan fingerprint density at radius 2 is 1.88 bits per heavy atom. The van der Waals surface area contributed by atoms with Gasteiger partial charge in [0.05, 0.1) is 6.54 Å². The number of alkyl halides is 2. The normalized spacial score (nSPS) is 10.9. The maximum absolute atomic E-state index is 12.3. The summed E-state index contributed by atoms with van der Waals surface area (Å²) in [7, 11) is 0. The molecule has 0 saturated heterocycles. The van der Waals surface area contributed by atoms with Crippen LogP contribution in [0, 0.1) is 0 Å². The van der Waals surface area contributed by atoms with E-state index in [1.54, 1.807) is 42.5 Å². The Kier molecular flexibility index (Phi) is 7.22. The van der Waals surface area contributed by atoms with Gasteiger partial charge >= 0.3 is 6.61 Å². The van der Waals surface area contributed by atoms with Crippen LogP contribution < -0.4 is 14.8 Å². The molecule has 132 valence electrons. The van der Waals surface area contributed by atoms with E-state index in [1.165, 1.54) is 18.2 Å². The third-order valence-corrected chi connectivity index (χ3v) is 3.28. The van der Waals surface area contributed by atoms with Gasteiger partial charge in [-0.15, -0.1) is 0 Å². The van der Waals surface area contributed by atoms with Crippen LogP contribution in [0.4, 0.5) is 8.78 Å². The van der Waals surface area contributed by atoms with E-state index in [-0.39, 0.29) is 18.3 Å². The number of nitrogens with one attached hydrogen (secondary N) is 1. The highest BCUT2D eigenvalue weighted by molar-refractivity contribution is 6.30. The molecule has 0 atom stereocenters. The molecule has 2 aromatic carbocycles. The van der Waals surface area contributed by atoms with Crippen LogP contribution in [0.5, 0.6) is 11.5 Å². The van der Waals surface area contributed by atoms with Gasteiger partial charge in [-0.25, -0.2) is 0 Å². The average Bonchev–Trinajstić information content (AvgIpc) is 2.59. The molecular weight excluding hydrogens is 352 g/mol. The Morgan fingerprint density at radius 1 is 1.16 bits per heavy atom. The molecule has 1 amide bonds. The third-order valence-electron chi connectivity index (χ3n) is 3.03. The minimum Gasteiger partial charge on any atom is -0.492 e. The number of halogens is 3. The first-order chi connectivity index (χ1) is 12.0. The second-order valence-corrected chi connectivity index (χ2v) is 5.28. The van der Waals surface area contributed by atoms with E-state index in [0.717, 1.165) is 0 Å². The first kappa shape index (κ1) is 18.7. The minimum absolute atomic E-state index is 0.00706. The number of hydrogen-bond acceptors (Lipinski definition) is 3. The molecule has 0 heterocycles. The predicted octanol–water partition coefficient (Wildman–Crippen LogP) is 4.15. The first-order valence-corrected chi connectivity index (χ1v) is 7.80. The molecule has 0 aliphatic heterocycles. The lowest BCUT2D eigenvalue weighted by Gasteiger charge is -2.08. The van der Waals surface area contributed by atoms with Crippen LogP contribution in [0.1, 0.15) is 5.56 Å². The highest BCUT2D eigenvalue weighted by Gasteiger charge is 2.07. The van der Waals surface area contributed by atoms with Crippen LogP contribution in [0.25, 0.3) is 6.08 Å². The van der Waals surface area contributed by atoms with Crippen molar-refractivity contribution in [1.82, 2.24) is 5.32 Å². The highest BCUT2D eigenvalue weighted by atomic mass is 35.5. The quantitative estimate of drug-likeness (QED) is 0.563. The number of carbonyl (C=O) groups excluding carboxylic acids is 1. The smallest absolute Gasteiger partial charge is 0.387 e. The van der Waals surface area contributed by atoms with E-state index >= 15 is 0 Å². The molecule has 0 bridgehead atoms. The van der Waals surface area contributed by atoms with Crippen LogP contribution in [0.3, 0.4) is 0 Å². The Bertz CT molecular complexity index is 721. The zero-order chi connectivity index (χ0) is 18.1. The molecule has 25 heavy (non-hydrogen) atoms. The molecule has 0 unspecified atom stereocenters. The van der Waals surface area contributed by atoms with Gasteiger partial charge in [0.2, 0.25) is 5.91 Å². The number of amides is 1. The van der Waals surface area contributed by atoms with Gasteiger partial charge in [0.25, 0.3) is 0 Å². The summed E-state index contributed by atoms with van der Waals surface area (Å²) < 4.78 is 34.5. The lowest BCUT2D eigenvalue weighted by molar-refractivity contribution is -0.116. The largest absolute Gasteiger partial charge is 0.492 e. The van der Waals surface area contributed by atoms with E-state index in [1.807, 2.05) is 0 Å². The maximum atomic E-state index is 12.3. The van der Waals surface area contributed by atoms with E-state index < -0.39 is 6.61 Å². The van der Waals surface area contributed by atoms with Gasteiger partial charge in [0, 0.05) is 16.7 Å². The number of ether oxygens (including phenoxy) is 2. The number of benzene rings is 2. The molecule has 2 rings (SSSR count). The van der Waals surface area contributed by atoms with Crippen LogP contribution >= 0.6 is 11.6 Å². The van der Waals surface area contributed by atoms with Gasteiger partial charge in [-0.2, -0.15) is 8.78 Å². The molecule has 1 N–H and O–H groups in total. The Labute approximate surface area is 149 Å². The Morgan fingerprint density at radius 3 is 2.60 bits per heavy atom. The maximum Gasteiger partial charge on any atom is 0.387 e. The van der Waals surface area contributed by atoms with Crippen LogP contribution in [0.2, 0.25) is 5.02 Å². The average molecular weight is 368 g/mol. The second kappa shape index (κ2) is 9.64. The van der Waals surface area contributed by atoms with Crippen LogP contribution in [-0.2, 0) is 4.79 Å². The fraction of sp³-hybridized carbons (Fsp3) is 0.167. The Hall–Kier alpha value is -2.60. The van der Waals surface area contributed by atoms with Crippen molar-refractivity contribution in [1.29, 1.82) is 0 Å². The summed E-state index contributed by atoms with van der Waals surface area (Å²) in [5.74, 6) is 0.284. The molecule has 4 nitrogen and oxygen atoms in total. The second-order valence-electron chi connectivity index (χ2n) is 4.84. The van der Waals surface area contributed by atoms with Crippen molar-refractivity contribution in [2.45, 2.75) is 6.61 Å². The first-order valence-electron chi connectivity index (χ1n) is 7.43. The zero-order valence-electron chi connectivity index (χ0n) is 13.1. The van der Waals surface area contributed by atoms with Crippen molar-refractivity contribution in [2.24, 2.45) is 0 Å². The molecule has 0 radical (unpaired) electrons. The highest BCUT2D eigenvalue weighted by Crippen LogP contribution is 2.21. The summed E-state index contributed by atoms with van der Waals surface area (Å²) >= 11 is 5.77. The van der Waals surface area contributed by atoms with Crippen molar-refractivity contribution in [3.63, 3.8) is 0 Å². The summed E-state index contributed by atoms with van der Waals surface area (Å²) in [6.07, 6.45) is 2.66.